The zero-order valence-electron chi connectivity index (χ0n) is 22.3. The molecule has 1 fully saturated rings. The van der Waals surface area contributed by atoms with Gasteiger partial charge in [-0.25, -0.2) is 18.0 Å². The van der Waals surface area contributed by atoms with E-state index in [1.165, 1.54) is 7.11 Å². The second-order valence-electron chi connectivity index (χ2n) is 9.95. The molecule has 12 heteroatoms. The summed E-state index contributed by atoms with van der Waals surface area (Å²) in [5.41, 5.74) is 0.717. The summed E-state index contributed by atoms with van der Waals surface area (Å²) in [6.07, 6.45) is 1.54. The first-order chi connectivity index (χ1) is 17.9. The van der Waals surface area contributed by atoms with Crippen LogP contribution in [0.5, 0.6) is 5.75 Å². The molecule has 9 nitrogen and oxygen atoms in total. The second-order valence-corrected chi connectivity index (χ2v) is 14.2. The monoisotopic (exact) mass is 630 g/mol. The van der Waals surface area contributed by atoms with Crippen LogP contribution >= 0.6 is 27.3 Å². The van der Waals surface area contributed by atoms with Gasteiger partial charge in [0.1, 0.15) is 11.0 Å². The predicted molar refractivity (Wildman–Crippen MR) is 153 cm³/mol. The summed E-state index contributed by atoms with van der Waals surface area (Å²) in [5, 5.41) is 5.86. The molecule has 1 unspecified atom stereocenters. The van der Waals surface area contributed by atoms with E-state index in [4.69, 9.17) is 14.2 Å². The van der Waals surface area contributed by atoms with Crippen molar-refractivity contribution in [1.82, 2.24) is 5.32 Å². The molecule has 1 aromatic carbocycles. The molecule has 2 heterocycles. The van der Waals surface area contributed by atoms with Crippen molar-refractivity contribution in [2.45, 2.75) is 51.5 Å². The maximum atomic E-state index is 13.0. The van der Waals surface area contributed by atoms with Gasteiger partial charge in [-0.2, -0.15) is 0 Å². The molecule has 0 saturated carbocycles. The number of piperidine rings is 1. The number of halogens is 1. The molecule has 38 heavy (non-hydrogen) atoms. The molecule has 1 aromatic heterocycles. The molecule has 1 aliphatic heterocycles. The minimum Gasteiger partial charge on any atom is -0.479 e. The largest absolute Gasteiger partial charge is 0.479 e. The number of hydrogen-bond acceptors (Lipinski definition) is 10. The Kier molecular flexibility index (Phi) is 10.2. The summed E-state index contributed by atoms with van der Waals surface area (Å²) < 4.78 is 42.4. The molecule has 0 bridgehead atoms. The lowest BCUT2D eigenvalue weighted by atomic mass is 9.97. The van der Waals surface area contributed by atoms with Crippen LogP contribution in [-0.2, 0) is 24.1 Å². The van der Waals surface area contributed by atoms with Gasteiger partial charge in [0.25, 0.3) is 0 Å². The van der Waals surface area contributed by atoms with Crippen LogP contribution in [0.2, 0.25) is 0 Å². The third kappa shape index (κ3) is 7.71. The maximum absolute atomic E-state index is 13.0. The first kappa shape index (κ1) is 30.4. The van der Waals surface area contributed by atoms with Gasteiger partial charge in [-0.1, -0.05) is 19.1 Å². The van der Waals surface area contributed by atoms with Gasteiger partial charge in [-0.3, -0.25) is 0 Å². The van der Waals surface area contributed by atoms with Gasteiger partial charge in [-0.15, -0.1) is 11.3 Å². The quantitative estimate of drug-likeness (QED) is 0.355. The number of hydrogen-bond donors (Lipinski definition) is 2. The summed E-state index contributed by atoms with van der Waals surface area (Å²) in [6.45, 7) is 8.12. The van der Waals surface area contributed by atoms with E-state index in [9.17, 15) is 18.0 Å². The highest BCUT2D eigenvalue weighted by molar-refractivity contribution is 9.10. The fraction of sp³-hybridized carbons (Fsp3) is 0.538. The van der Waals surface area contributed by atoms with Gasteiger partial charge in [0.15, 0.2) is 27.1 Å². The van der Waals surface area contributed by atoms with Crippen molar-refractivity contribution in [3.63, 3.8) is 0 Å². The number of nitrogens with one attached hydrogen (secondary N) is 2. The molecular weight excluding hydrogens is 596 g/mol. The third-order valence-electron chi connectivity index (χ3n) is 5.97. The van der Waals surface area contributed by atoms with Gasteiger partial charge >= 0.3 is 11.9 Å². The van der Waals surface area contributed by atoms with Crippen molar-refractivity contribution in [2.24, 2.45) is 5.92 Å². The molecule has 0 aliphatic carbocycles. The number of anilines is 1. The molecule has 3 rings (SSSR count). The minimum absolute atomic E-state index is 0.00267. The highest BCUT2D eigenvalue weighted by Crippen LogP contribution is 2.46. The summed E-state index contributed by atoms with van der Waals surface area (Å²) in [4.78, 5) is 25.6. The Morgan fingerprint density at radius 3 is 2.53 bits per heavy atom. The molecule has 210 valence electrons. The highest BCUT2D eigenvalue weighted by Gasteiger charge is 2.33. The van der Waals surface area contributed by atoms with Crippen LogP contribution in [0.15, 0.2) is 28.7 Å². The van der Waals surface area contributed by atoms with E-state index >= 15 is 0 Å². The SMILES string of the molecule is CCS(=O)(=O)C(Nc1cccc(-c2sc(C(=O)OC)c(OCC(=O)OC(C)(C)C)c2Br)c1)C1CCNCC1. The number of benzene rings is 1. The summed E-state index contributed by atoms with van der Waals surface area (Å²) in [5.74, 6) is -0.944. The van der Waals surface area contributed by atoms with E-state index in [-0.39, 0.29) is 28.9 Å². The van der Waals surface area contributed by atoms with Crippen molar-refractivity contribution >= 4 is 54.7 Å². The Labute approximate surface area is 236 Å². The van der Waals surface area contributed by atoms with Crippen LogP contribution in [0.1, 0.15) is 50.2 Å². The standard InChI is InChI=1S/C26H35BrN2O7S2/c1-6-38(32,33)24(16-10-12-28-13-11-16)29-18-9-7-8-17(14-18)22-20(27)21(23(37-22)25(31)34-5)35-15-19(30)36-26(2,3)4/h7-9,14,16,24,28-29H,6,10-13,15H2,1-5H3. The van der Waals surface area contributed by atoms with Crippen LogP contribution in [0.3, 0.4) is 0 Å². The van der Waals surface area contributed by atoms with Gasteiger partial charge in [0.2, 0.25) is 0 Å². The lowest BCUT2D eigenvalue weighted by molar-refractivity contribution is -0.157. The molecule has 0 spiro atoms. The van der Waals surface area contributed by atoms with Crippen LogP contribution in [0.25, 0.3) is 10.4 Å². The first-order valence-corrected chi connectivity index (χ1v) is 15.7. The van der Waals surface area contributed by atoms with Gasteiger partial charge in [-0.05, 0) is 86.2 Å². The lowest BCUT2D eigenvalue weighted by Crippen LogP contribution is -2.43. The fourth-order valence-corrected chi connectivity index (χ4v) is 7.68. The van der Waals surface area contributed by atoms with Gasteiger partial charge in [0.05, 0.1) is 16.5 Å². The molecule has 1 saturated heterocycles. The smallest absolute Gasteiger partial charge is 0.351 e. The van der Waals surface area contributed by atoms with E-state index in [0.29, 0.717) is 15.0 Å². The average Bonchev–Trinajstić information content (AvgIpc) is 3.21. The number of carbonyl (C=O) groups excluding carboxylic acids is 2. The highest BCUT2D eigenvalue weighted by atomic mass is 79.9. The molecule has 2 aromatic rings. The van der Waals surface area contributed by atoms with Crippen molar-refractivity contribution in [3.05, 3.63) is 33.6 Å². The molecule has 1 aliphatic rings. The molecule has 2 N–H and O–H groups in total. The van der Waals surface area contributed by atoms with Crippen LogP contribution in [0.4, 0.5) is 5.69 Å². The van der Waals surface area contributed by atoms with Gasteiger partial charge in [0, 0.05) is 11.4 Å². The van der Waals surface area contributed by atoms with Crippen LogP contribution < -0.4 is 15.4 Å². The van der Waals surface area contributed by atoms with Crippen molar-refractivity contribution in [2.75, 3.05) is 37.9 Å². The Morgan fingerprint density at radius 1 is 1.24 bits per heavy atom. The third-order valence-corrected chi connectivity index (χ3v) is 10.3. The normalized spacial score (nSPS) is 15.5. The number of rotatable bonds is 10. The zero-order chi connectivity index (χ0) is 28.1. The first-order valence-electron chi connectivity index (χ1n) is 12.4. The Balaban J connectivity index is 1.92. The van der Waals surface area contributed by atoms with E-state index in [1.54, 1.807) is 27.7 Å². The minimum atomic E-state index is -3.36. The van der Waals surface area contributed by atoms with Crippen molar-refractivity contribution in [3.8, 4) is 16.2 Å². The lowest BCUT2D eigenvalue weighted by Gasteiger charge is -2.31. The Hall–Kier alpha value is -2.15. The Bertz CT molecular complexity index is 1250. The number of sulfone groups is 1. The molecule has 1 atom stereocenters. The van der Waals surface area contributed by atoms with Crippen molar-refractivity contribution < 1.29 is 32.2 Å². The Morgan fingerprint density at radius 2 is 1.92 bits per heavy atom. The van der Waals surface area contributed by atoms with E-state index in [2.05, 4.69) is 26.6 Å². The summed E-state index contributed by atoms with van der Waals surface area (Å²) in [7, 11) is -2.09. The second kappa shape index (κ2) is 12.8. The number of carbonyl (C=O) groups is 2. The van der Waals surface area contributed by atoms with Crippen molar-refractivity contribution in [1.29, 1.82) is 0 Å². The fourth-order valence-electron chi connectivity index (χ4n) is 4.18. The number of methoxy groups -OCH3 is 1. The maximum Gasteiger partial charge on any atom is 0.351 e. The van der Waals surface area contributed by atoms with Gasteiger partial charge < -0.3 is 24.8 Å². The van der Waals surface area contributed by atoms with Crippen LogP contribution in [-0.4, -0.2) is 63.9 Å². The molecule has 0 amide bonds. The average molecular weight is 632 g/mol. The van der Waals surface area contributed by atoms with E-state index in [0.717, 1.165) is 42.8 Å². The van der Waals surface area contributed by atoms with E-state index < -0.39 is 32.8 Å². The number of ether oxygens (including phenoxy) is 3. The molecule has 0 radical (unpaired) electrons. The summed E-state index contributed by atoms with van der Waals surface area (Å²) in [6, 6.07) is 7.34. The number of esters is 2. The molecular formula is C26H35BrN2O7S2. The van der Waals surface area contributed by atoms with E-state index in [1.807, 2.05) is 24.3 Å². The predicted octanol–water partition coefficient (Wildman–Crippen LogP) is 4.86. The number of thiophene rings is 1. The zero-order valence-corrected chi connectivity index (χ0v) is 25.5. The van der Waals surface area contributed by atoms with Crippen LogP contribution in [0, 0.1) is 5.92 Å². The topological polar surface area (TPSA) is 120 Å². The summed E-state index contributed by atoms with van der Waals surface area (Å²) >= 11 is 4.68.